The van der Waals surface area contributed by atoms with Gasteiger partial charge in [0.1, 0.15) is 11.5 Å². The van der Waals surface area contributed by atoms with Gasteiger partial charge in [-0.05, 0) is 56.2 Å². The first kappa shape index (κ1) is 20.1. The Balaban J connectivity index is 2.02. The molecule has 0 aliphatic carbocycles. The van der Waals surface area contributed by atoms with E-state index in [-0.39, 0.29) is 5.75 Å². The van der Waals surface area contributed by atoms with E-state index in [1.807, 2.05) is 18.2 Å². The highest BCUT2D eigenvalue weighted by Gasteiger charge is 2.00. The van der Waals surface area contributed by atoms with Crippen LogP contribution in [0.25, 0.3) is 0 Å². The molecule has 0 amide bonds. The molecule has 0 saturated heterocycles. The molecule has 0 aliphatic heterocycles. The molecule has 0 bridgehead atoms. The smallest absolute Gasteiger partial charge is 0.122 e. The third-order valence-electron chi connectivity index (χ3n) is 3.93. The molecule has 24 heavy (non-hydrogen) atoms. The summed E-state index contributed by atoms with van der Waals surface area (Å²) in [5.74, 6) is 1.02. The predicted octanol–water partition coefficient (Wildman–Crippen LogP) is 6.36. The molecule has 1 aromatic rings. The molecular weight excluding hydrogens is 296 g/mol. The second-order valence-corrected chi connectivity index (χ2v) is 6.05. The lowest BCUT2D eigenvalue weighted by molar-refractivity contribution is 0.406. The van der Waals surface area contributed by atoms with Crippen molar-refractivity contribution in [1.82, 2.24) is 0 Å². The number of aryl methyl sites for hydroxylation is 1. The van der Waals surface area contributed by atoms with E-state index in [1.54, 1.807) is 13.2 Å². The van der Waals surface area contributed by atoms with Crippen LogP contribution < -0.4 is 4.74 Å². The normalized spacial score (nSPS) is 11.4. The summed E-state index contributed by atoms with van der Waals surface area (Å²) in [7, 11) is 1.63. The van der Waals surface area contributed by atoms with E-state index < -0.39 is 0 Å². The van der Waals surface area contributed by atoms with Crippen LogP contribution in [0.3, 0.4) is 0 Å². The largest absolute Gasteiger partial charge is 0.508 e. The molecule has 132 valence electrons. The van der Waals surface area contributed by atoms with Gasteiger partial charge in [0, 0.05) is 6.07 Å². The molecule has 0 radical (unpaired) electrons. The molecule has 0 fully saturated rings. The van der Waals surface area contributed by atoms with Gasteiger partial charge in [0.2, 0.25) is 0 Å². The zero-order valence-corrected chi connectivity index (χ0v) is 15.0. The van der Waals surface area contributed by atoms with Gasteiger partial charge in [0.15, 0.2) is 0 Å². The van der Waals surface area contributed by atoms with Crippen LogP contribution in [0.2, 0.25) is 0 Å². The van der Waals surface area contributed by atoms with Crippen LogP contribution in [0.15, 0.2) is 55.2 Å². The summed E-state index contributed by atoms with van der Waals surface area (Å²) in [4.78, 5) is 0. The summed E-state index contributed by atoms with van der Waals surface area (Å²) in [6.45, 7) is 3.69. The maximum Gasteiger partial charge on any atom is 0.122 e. The molecule has 0 aromatic heterocycles. The van der Waals surface area contributed by atoms with Crippen molar-refractivity contribution in [2.24, 2.45) is 0 Å². The van der Waals surface area contributed by atoms with Crippen LogP contribution in [0.5, 0.6) is 11.5 Å². The summed E-state index contributed by atoms with van der Waals surface area (Å²) < 4.78 is 5.18. The molecule has 1 N–H and O–H groups in total. The Morgan fingerprint density at radius 2 is 1.62 bits per heavy atom. The third kappa shape index (κ3) is 9.94. The molecule has 0 saturated carbocycles. The third-order valence-corrected chi connectivity index (χ3v) is 3.93. The van der Waals surface area contributed by atoms with Gasteiger partial charge in [0.05, 0.1) is 7.11 Å². The van der Waals surface area contributed by atoms with Gasteiger partial charge >= 0.3 is 0 Å². The Morgan fingerprint density at radius 3 is 2.42 bits per heavy atom. The van der Waals surface area contributed by atoms with Crippen LogP contribution in [-0.2, 0) is 6.42 Å². The van der Waals surface area contributed by atoms with Gasteiger partial charge in [-0.3, -0.25) is 0 Å². The highest BCUT2D eigenvalue weighted by molar-refractivity contribution is 5.37. The lowest BCUT2D eigenvalue weighted by atomic mass is 10.0. The second-order valence-electron chi connectivity index (χ2n) is 6.05. The van der Waals surface area contributed by atoms with Crippen LogP contribution in [0.1, 0.15) is 56.9 Å². The van der Waals surface area contributed by atoms with Crippen molar-refractivity contribution in [1.29, 1.82) is 0 Å². The first-order valence-electron chi connectivity index (χ1n) is 9.04. The average Bonchev–Trinajstić information content (AvgIpc) is 2.58. The number of methoxy groups -OCH3 is 1. The molecule has 0 atom stereocenters. The quantitative estimate of drug-likeness (QED) is 0.337. The second kappa shape index (κ2) is 13.5. The Labute approximate surface area is 147 Å². The fourth-order valence-corrected chi connectivity index (χ4v) is 2.61. The van der Waals surface area contributed by atoms with Crippen LogP contribution >= 0.6 is 0 Å². The SMILES string of the molecule is C=CC/C=C\C/C=C\CCCCCCCc1cc(O)cc(OC)c1. The van der Waals surface area contributed by atoms with E-state index in [4.69, 9.17) is 4.74 Å². The summed E-state index contributed by atoms with van der Waals surface area (Å²) in [5, 5.41) is 9.63. The van der Waals surface area contributed by atoms with Crippen molar-refractivity contribution in [3.63, 3.8) is 0 Å². The Morgan fingerprint density at radius 1 is 0.917 bits per heavy atom. The molecule has 0 unspecified atom stereocenters. The summed E-state index contributed by atoms with van der Waals surface area (Å²) in [6, 6.07) is 5.48. The van der Waals surface area contributed by atoms with E-state index in [1.165, 1.54) is 32.1 Å². The Hall–Kier alpha value is -1.96. The molecule has 0 heterocycles. The Kier molecular flexibility index (Phi) is 11.3. The summed E-state index contributed by atoms with van der Waals surface area (Å²) in [6.07, 6.45) is 21.2. The minimum Gasteiger partial charge on any atom is -0.508 e. The lowest BCUT2D eigenvalue weighted by Crippen LogP contribution is -1.89. The van der Waals surface area contributed by atoms with E-state index in [0.29, 0.717) is 0 Å². The van der Waals surface area contributed by atoms with Crippen molar-refractivity contribution < 1.29 is 9.84 Å². The number of allylic oxidation sites excluding steroid dienone is 5. The minimum absolute atomic E-state index is 0.287. The predicted molar refractivity (Wildman–Crippen MR) is 104 cm³/mol. The number of unbranched alkanes of at least 4 members (excludes halogenated alkanes) is 5. The molecule has 2 nitrogen and oxygen atoms in total. The van der Waals surface area contributed by atoms with Crippen LogP contribution in [-0.4, -0.2) is 12.2 Å². The molecular formula is C22H32O2. The maximum absolute atomic E-state index is 9.63. The van der Waals surface area contributed by atoms with Gasteiger partial charge in [-0.25, -0.2) is 0 Å². The average molecular weight is 328 g/mol. The van der Waals surface area contributed by atoms with Gasteiger partial charge in [0.25, 0.3) is 0 Å². The van der Waals surface area contributed by atoms with Crippen molar-refractivity contribution in [2.45, 2.75) is 57.8 Å². The highest BCUT2D eigenvalue weighted by atomic mass is 16.5. The van der Waals surface area contributed by atoms with Gasteiger partial charge in [-0.1, -0.05) is 49.6 Å². The lowest BCUT2D eigenvalue weighted by Gasteiger charge is -2.06. The zero-order valence-electron chi connectivity index (χ0n) is 15.0. The number of phenols is 1. The number of hydrogen-bond donors (Lipinski definition) is 1. The van der Waals surface area contributed by atoms with Gasteiger partial charge < -0.3 is 9.84 Å². The van der Waals surface area contributed by atoms with Crippen molar-refractivity contribution in [2.75, 3.05) is 7.11 Å². The molecule has 2 heteroatoms. The first-order valence-corrected chi connectivity index (χ1v) is 9.04. The van der Waals surface area contributed by atoms with E-state index in [0.717, 1.165) is 37.0 Å². The van der Waals surface area contributed by atoms with Crippen LogP contribution in [0, 0.1) is 0 Å². The maximum atomic E-state index is 9.63. The molecule has 0 aliphatic rings. The minimum atomic E-state index is 0.287. The highest BCUT2D eigenvalue weighted by Crippen LogP contribution is 2.22. The number of aromatic hydroxyl groups is 1. The summed E-state index contributed by atoms with van der Waals surface area (Å²) >= 11 is 0. The van der Waals surface area contributed by atoms with Gasteiger partial charge in [-0.2, -0.15) is 0 Å². The fraction of sp³-hybridized carbons (Fsp3) is 0.455. The molecule has 1 aromatic carbocycles. The fourth-order valence-electron chi connectivity index (χ4n) is 2.61. The van der Waals surface area contributed by atoms with E-state index in [9.17, 15) is 5.11 Å². The summed E-state index contributed by atoms with van der Waals surface area (Å²) in [5.41, 5.74) is 1.15. The van der Waals surface area contributed by atoms with Crippen molar-refractivity contribution in [3.05, 3.63) is 60.7 Å². The van der Waals surface area contributed by atoms with Crippen LogP contribution in [0.4, 0.5) is 0 Å². The standard InChI is InChI=1S/C22H32O2/c1-3-4-5-6-7-8-9-10-11-12-13-14-15-16-20-17-21(23)19-22(18-20)24-2/h3,5-6,8-9,17-19,23H,1,4,7,10-16H2,2H3/b6-5-,9-8-. The number of benzene rings is 1. The first-order chi connectivity index (χ1) is 11.8. The Bertz CT molecular complexity index is 515. The number of ether oxygens (including phenoxy) is 1. The van der Waals surface area contributed by atoms with Crippen molar-refractivity contribution in [3.8, 4) is 11.5 Å². The van der Waals surface area contributed by atoms with E-state index in [2.05, 4.69) is 30.9 Å². The van der Waals surface area contributed by atoms with Gasteiger partial charge in [-0.15, -0.1) is 6.58 Å². The molecule has 1 rings (SSSR count). The van der Waals surface area contributed by atoms with Crippen molar-refractivity contribution >= 4 is 0 Å². The number of phenolic OH excluding ortho intramolecular Hbond substituents is 1. The molecule has 0 spiro atoms. The monoisotopic (exact) mass is 328 g/mol. The number of rotatable bonds is 13. The topological polar surface area (TPSA) is 29.5 Å². The zero-order chi connectivity index (χ0) is 17.5. The van der Waals surface area contributed by atoms with E-state index >= 15 is 0 Å². The number of hydrogen-bond acceptors (Lipinski definition) is 2.